The average molecular weight is 416 g/mol. The van der Waals surface area contributed by atoms with Gasteiger partial charge in [0, 0.05) is 0 Å². The summed E-state index contributed by atoms with van der Waals surface area (Å²) in [5.41, 5.74) is 3.10. The molecule has 0 bridgehead atoms. The number of aryl methyl sites for hydroxylation is 1. The smallest absolute Gasteiger partial charge is 0.266 e. The lowest BCUT2D eigenvalue weighted by Gasteiger charge is -2.28. The number of hydroxylamine groups is 1. The van der Waals surface area contributed by atoms with Crippen LogP contribution in [0.25, 0.3) is 0 Å². The first-order valence-corrected chi connectivity index (χ1v) is 10.3. The van der Waals surface area contributed by atoms with Crippen molar-refractivity contribution in [3.63, 3.8) is 0 Å². The number of hydrogen-bond donors (Lipinski definition) is 0. The van der Waals surface area contributed by atoms with Crippen molar-refractivity contribution in [2.45, 2.75) is 25.5 Å². The Labute approximate surface area is 179 Å². The Hall–Kier alpha value is -3.51. The Balaban J connectivity index is 1.56. The van der Waals surface area contributed by atoms with Gasteiger partial charge < -0.3 is 0 Å². The number of halogens is 1. The number of fused-ring (bicyclic) bond motifs is 1. The van der Waals surface area contributed by atoms with Crippen molar-refractivity contribution < 1.29 is 18.8 Å². The normalized spacial score (nSPS) is 22.8. The predicted octanol–water partition coefficient (Wildman–Crippen LogP) is 4.44. The summed E-state index contributed by atoms with van der Waals surface area (Å²) >= 11 is 0. The summed E-state index contributed by atoms with van der Waals surface area (Å²) in [7, 11) is 0. The molecule has 0 aliphatic carbocycles. The molecule has 3 aromatic carbocycles. The molecule has 2 aliphatic rings. The lowest BCUT2D eigenvalue weighted by molar-refractivity contribution is -0.126. The van der Waals surface area contributed by atoms with E-state index in [1.807, 2.05) is 49.4 Å². The molecule has 31 heavy (non-hydrogen) atoms. The lowest BCUT2D eigenvalue weighted by Crippen LogP contribution is -2.37. The molecular weight excluding hydrogens is 395 g/mol. The van der Waals surface area contributed by atoms with Crippen molar-refractivity contribution in [1.82, 2.24) is 0 Å². The number of rotatable bonds is 4. The third-order valence-corrected chi connectivity index (χ3v) is 5.94. The van der Waals surface area contributed by atoms with Crippen molar-refractivity contribution in [2.75, 3.05) is 9.96 Å². The number of benzene rings is 3. The molecule has 156 valence electrons. The molecule has 3 aromatic rings. The molecule has 2 heterocycles. The molecule has 0 saturated carbocycles. The number of carbonyl (C=O) groups excluding carboxylic acids is 2. The fraction of sp³-hybridized carbons (Fsp3) is 0.200. The molecule has 5 rings (SSSR count). The van der Waals surface area contributed by atoms with Crippen LogP contribution in [-0.2, 0) is 20.8 Å². The summed E-state index contributed by atoms with van der Waals surface area (Å²) in [6, 6.07) is 22.2. The van der Waals surface area contributed by atoms with E-state index in [0.29, 0.717) is 11.3 Å². The van der Waals surface area contributed by atoms with E-state index >= 15 is 0 Å². The van der Waals surface area contributed by atoms with Gasteiger partial charge in [0.15, 0.2) is 6.10 Å². The quantitative estimate of drug-likeness (QED) is 0.590. The number of carbonyl (C=O) groups is 2. The third-order valence-electron chi connectivity index (χ3n) is 5.94. The Kier molecular flexibility index (Phi) is 4.79. The van der Waals surface area contributed by atoms with Gasteiger partial charge in [0.2, 0.25) is 5.91 Å². The summed E-state index contributed by atoms with van der Waals surface area (Å²) in [4.78, 5) is 34.0. The first kappa shape index (κ1) is 19.5. The van der Waals surface area contributed by atoms with Crippen molar-refractivity contribution >= 4 is 23.2 Å². The van der Waals surface area contributed by atoms with Crippen LogP contribution in [-0.4, -0.2) is 17.9 Å². The van der Waals surface area contributed by atoms with E-state index in [1.54, 1.807) is 29.3 Å². The fourth-order valence-corrected chi connectivity index (χ4v) is 4.35. The van der Waals surface area contributed by atoms with Crippen LogP contribution in [0.3, 0.4) is 0 Å². The van der Waals surface area contributed by atoms with E-state index < -0.39 is 18.1 Å². The number of nitrogens with zero attached hydrogens (tertiary/aromatic N) is 2. The van der Waals surface area contributed by atoms with Crippen molar-refractivity contribution in [3.8, 4) is 0 Å². The highest BCUT2D eigenvalue weighted by molar-refractivity contribution is 6.23. The van der Waals surface area contributed by atoms with Crippen LogP contribution in [0.1, 0.15) is 24.1 Å². The van der Waals surface area contributed by atoms with Crippen molar-refractivity contribution in [2.24, 2.45) is 5.92 Å². The Morgan fingerprint density at radius 1 is 0.839 bits per heavy atom. The van der Waals surface area contributed by atoms with Gasteiger partial charge in [-0.25, -0.2) is 14.4 Å². The molecule has 5 nitrogen and oxygen atoms in total. The van der Waals surface area contributed by atoms with E-state index in [-0.39, 0.29) is 17.6 Å². The van der Waals surface area contributed by atoms with Gasteiger partial charge in [-0.05, 0) is 53.9 Å². The van der Waals surface area contributed by atoms with Gasteiger partial charge >= 0.3 is 0 Å². The first-order chi connectivity index (χ1) is 15.1. The summed E-state index contributed by atoms with van der Waals surface area (Å²) in [6.45, 7) is 2.05. The zero-order chi connectivity index (χ0) is 21.5. The maximum atomic E-state index is 13.6. The van der Waals surface area contributed by atoms with E-state index in [2.05, 4.69) is 0 Å². The molecule has 2 aliphatic heterocycles. The zero-order valence-electron chi connectivity index (χ0n) is 16.9. The minimum absolute atomic E-state index is 0.313. The minimum Gasteiger partial charge on any atom is -0.273 e. The summed E-state index contributed by atoms with van der Waals surface area (Å²) < 4.78 is 13.6. The standard InChI is InChI=1S/C25H21FN2O3/c1-2-16-8-14-19(15-9-16)27-24(29)21-22(17-10-12-18(26)13-11-17)28(31-23(21)25(27)30)20-6-4-3-5-7-20/h3-15,21-23H,2H2,1H3/t21-,22-,23+/m1/s1. The Morgan fingerprint density at radius 2 is 1.52 bits per heavy atom. The van der Waals surface area contributed by atoms with Crippen LogP contribution in [0.4, 0.5) is 15.8 Å². The van der Waals surface area contributed by atoms with Crippen LogP contribution in [0, 0.1) is 11.7 Å². The van der Waals surface area contributed by atoms with Gasteiger partial charge in [-0.1, -0.05) is 49.4 Å². The highest BCUT2D eigenvalue weighted by atomic mass is 19.1. The summed E-state index contributed by atoms with van der Waals surface area (Å²) in [5, 5.41) is 1.61. The molecule has 3 atom stereocenters. The molecule has 0 unspecified atom stereocenters. The molecule has 0 spiro atoms. The molecular formula is C25H21FN2O3. The van der Waals surface area contributed by atoms with E-state index in [1.165, 1.54) is 17.0 Å². The minimum atomic E-state index is -0.936. The molecule has 0 N–H and O–H groups in total. The predicted molar refractivity (Wildman–Crippen MR) is 115 cm³/mol. The second kappa shape index (κ2) is 7.63. The van der Waals surface area contributed by atoms with Crippen molar-refractivity contribution in [1.29, 1.82) is 0 Å². The lowest BCUT2D eigenvalue weighted by atomic mass is 9.90. The third kappa shape index (κ3) is 3.20. The molecule has 6 heteroatoms. The largest absolute Gasteiger partial charge is 0.273 e. The highest BCUT2D eigenvalue weighted by Gasteiger charge is 2.60. The van der Waals surface area contributed by atoms with Crippen LogP contribution in [0.15, 0.2) is 78.9 Å². The first-order valence-electron chi connectivity index (χ1n) is 10.3. The van der Waals surface area contributed by atoms with Gasteiger partial charge in [0.25, 0.3) is 5.91 Å². The second-order valence-corrected chi connectivity index (χ2v) is 7.74. The van der Waals surface area contributed by atoms with Gasteiger partial charge in [-0.3, -0.25) is 14.4 Å². The number of para-hydroxylation sites is 1. The fourth-order valence-electron chi connectivity index (χ4n) is 4.35. The topological polar surface area (TPSA) is 49.9 Å². The summed E-state index contributed by atoms with van der Waals surface area (Å²) in [5.74, 6) is -1.79. The monoisotopic (exact) mass is 416 g/mol. The van der Waals surface area contributed by atoms with E-state index in [4.69, 9.17) is 4.84 Å². The maximum Gasteiger partial charge on any atom is 0.266 e. The van der Waals surface area contributed by atoms with Gasteiger partial charge in [0.05, 0.1) is 17.4 Å². The van der Waals surface area contributed by atoms with E-state index in [9.17, 15) is 14.0 Å². The maximum absolute atomic E-state index is 13.6. The summed E-state index contributed by atoms with van der Waals surface area (Å²) in [6.07, 6.45) is -0.0662. The number of hydrogen-bond acceptors (Lipinski definition) is 4. The van der Waals surface area contributed by atoms with Crippen LogP contribution in [0.2, 0.25) is 0 Å². The van der Waals surface area contributed by atoms with Crippen LogP contribution in [0.5, 0.6) is 0 Å². The molecule has 0 radical (unpaired) electrons. The molecule has 2 amide bonds. The number of imide groups is 1. The zero-order valence-corrected chi connectivity index (χ0v) is 16.9. The van der Waals surface area contributed by atoms with Crippen LogP contribution >= 0.6 is 0 Å². The average Bonchev–Trinajstić information content (AvgIpc) is 3.31. The molecule has 2 saturated heterocycles. The van der Waals surface area contributed by atoms with Crippen LogP contribution < -0.4 is 9.96 Å². The van der Waals surface area contributed by atoms with Gasteiger partial charge in [-0.2, -0.15) is 0 Å². The van der Waals surface area contributed by atoms with E-state index in [0.717, 1.165) is 17.7 Å². The SMILES string of the molecule is CCc1ccc(N2C(=O)[C@H]3[C@H](ON(c4ccccc4)[C@@H]3c3ccc(F)cc3)C2=O)cc1. The Morgan fingerprint density at radius 3 is 2.16 bits per heavy atom. The van der Waals surface area contributed by atoms with Gasteiger partial charge in [-0.15, -0.1) is 0 Å². The number of anilines is 2. The Bertz CT molecular complexity index is 1120. The van der Waals surface area contributed by atoms with Crippen molar-refractivity contribution in [3.05, 3.63) is 95.8 Å². The van der Waals surface area contributed by atoms with Gasteiger partial charge in [0.1, 0.15) is 11.7 Å². The molecule has 2 fully saturated rings. The highest BCUT2D eigenvalue weighted by Crippen LogP contribution is 2.47. The second-order valence-electron chi connectivity index (χ2n) is 7.74. The number of amides is 2. The molecule has 0 aromatic heterocycles.